The molecule has 1 spiro atoms. The molecule has 2 heterocycles. The molecule has 24 heavy (non-hydrogen) atoms. The Kier molecular flexibility index (Phi) is 5.87. The Bertz CT molecular complexity index is 566. The number of hydrogen-bond donors (Lipinski definition) is 1. The zero-order valence-corrected chi connectivity index (χ0v) is 15.6. The van der Waals surface area contributed by atoms with E-state index in [1.807, 2.05) is 25.2 Å². The third-order valence-electron chi connectivity index (χ3n) is 4.94. The van der Waals surface area contributed by atoms with E-state index in [4.69, 9.17) is 4.74 Å². The summed E-state index contributed by atoms with van der Waals surface area (Å²) in [6, 6.07) is 5.85. The summed E-state index contributed by atoms with van der Waals surface area (Å²) in [6.07, 6.45) is 6.85. The van der Waals surface area contributed by atoms with Gasteiger partial charge in [0, 0.05) is 36.7 Å². The zero-order valence-electron chi connectivity index (χ0n) is 14.8. The molecule has 6 heteroatoms. The smallest absolute Gasteiger partial charge is 0.213 e. The Morgan fingerprint density at radius 1 is 1.38 bits per heavy atom. The predicted molar refractivity (Wildman–Crippen MR) is 101 cm³/mol. The molecular weight excluding hydrogens is 320 g/mol. The molecule has 2 aliphatic rings. The molecule has 3 rings (SSSR count). The molecule has 132 valence electrons. The number of rotatable bonds is 3. The molecule has 0 amide bonds. The van der Waals surface area contributed by atoms with Crippen LogP contribution in [0.25, 0.3) is 0 Å². The quantitative estimate of drug-likeness (QED) is 0.672. The second-order valence-electron chi connectivity index (χ2n) is 6.59. The maximum absolute atomic E-state index is 5.20. The van der Waals surface area contributed by atoms with Crippen molar-refractivity contribution in [1.29, 1.82) is 0 Å². The first-order chi connectivity index (χ1) is 11.7. The molecule has 0 unspecified atom stereocenters. The van der Waals surface area contributed by atoms with Gasteiger partial charge in [0.15, 0.2) is 5.96 Å². The van der Waals surface area contributed by atoms with E-state index in [0.717, 1.165) is 24.7 Å². The van der Waals surface area contributed by atoms with Crippen LogP contribution in [0.5, 0.6) is 5.88 Å². The second-order valence-corrected chi connectivity index (χ2v) is 8.15. The van der Waals surface area contributed by atoms with Crippen molar-refractivity contribution < 1.29 is 4.74 Å². The molecule has 1 N–H and O–H groups in total. The predicted octanol–water partition coefficient (Wildman–Crippen LogP) is 2.92. The molecule has 1 saturated carbocycles. The van der Waals surface area contributed by atoms with Crippen LogP contribution in [0.4, 0.5) is 0 Å². The van der Waals surface area contributed by atoms with E-state index < -0.39 is 0 Å². The summed E-state index contributed by atoms with van der Waals surface area (Å²) in [5.74, 6) is 2.84. The number of aliphatic imine (C=N–C) groups is 1. The lowest BCUT2D eigenvalue weighted by Gasteiger charge is -2.45. The highest BCUT2D eigenvalue weighted by molar-refractivity contribution is 8.00. The van der Waals surface area contributed by atoms with Crippen LogP contribution in [-0.2, 0) is 6.54 Å². The van der Waals surface area contributed by atoms with Crippen LogP contribution in [0.2, 0.25) is 0 Å². The lowest BCUT2D eigenvalue weighted by molar-refractivity contribution is 0.293. The number of nitrogens with zero attached hydrogens (tertiary/aromatic N) is 3. The molecule has 1 aliphatic heterocycles. The Morgan fingerprint density at radius 3 is 2.96 bits per heavy atom. The van der Waals surface area contributed by atoms with Gasteiger partial charge < -0.3 is 15.0 Å². The molecular formula is C18H28N4OS. The first-order valence-corrected chi connectivity index (χ1v) is 9.83. The SMILES string of the molecule is CN=C(NCc1cccc(OC)n1)N1CCSC2(CCCCC2)C1. The van der Waals surface area contributed by atoms with E-state index in [1.165, 1.54) is 37.9 Å². The Hall–Kier alpha value is -1.43. The average molecular weight is 349 g/mol. The molecule has 1 saturated heterocycles. The maximum Gasteiger partial charge on any atom is 0.213 e. The summed E-state index contributed by atoms with van der Waals surface area (Å²) in [4.78, 5) is 11.4. The Morgan fingerprint density at radius 2 is 2.21 bits per heavy atom. The Balaban J connectivity index is 1.61. The molecule has 5 nitrogen and oxygen atoms in total. The van der Waals surface area contributed by atoms with Gasteiger partial charge in [-0.2, -0.15) is 11.8 Å². The molecule has 1 aliphatic carbocycles. The van der Waals surface area contributed by atoms with Crippen molar-refractivity contribution in [2.45, 2.75) is 43.4 Å². The fourth-order valence-electron chi connectivity index (χ4n) is 3.70. The molecule has 1 aromatic rings. The van der Waals surface area contributed by atoms with Crippen LogP contribution < -0.4 is 10.1 Å². The van der Waals surface area contributed by atoms with E-state index in [0.29, 0.717) is 17.2 Å². The van der Waals surface area contributed by atoms with Gasteiger partial charge in [-0.15, -0.1) is 0 Å². The highest BCUT2D eigenvalue weighted by Crippen LogP contribution is 2.42. The normalized spacial score (nSPS) is 20.9. The fourth-order valence-corrected chi connectivity index (χ4v) is 5.27. The number of guanidine groups is 1. The summed E-state index contributed by atoms with van der Waals surface area (Å²) in [5, 5.41) is 3.48. The van der Waals surface area contributed by atoms with E-state index in [-0.39, 0.29) is 0 Å². The lowest BCUT2D eigenvalue weighted by Crippen LogP contribution is -2.53. The molecule has 0 aromatic carbocycles. The van der Waals surface area contributed by atoms with Gasteiger partial charge in [0.2, 0.25) is 5.88 Å². The van der Waals surface area contributed by atoms with Gasteiger partial charge in [0.05, 0.1) is 19.3 Å². The van der Waals surface area contributed by atoms with Crippen molar-refractivity contribution in [1.82, 2.24) is 15.2 Å². The van der Waals surface area contributed by atoms with Crippen LogP contribution in [0.3, 0.4) is 0 Å². The molecule has 1 aromatic heterocycles. The third-order valence-corrected chi connectivity index (χ3v) is 6.48. The van der Waals surface area contributed by atoms with Gasteiger partial charge in [-0.25, -0.2) is 4.98 Å². The second kappa shape index (κ2) is 8.10. The highest BCUT2D eigenvalue weighted by Gasteiger charge is 2.38. The van der Waals surface area contributed by atoms with Crippen molar-refractivity contribution in [2.75, 3.05) is 33.0 Å². The minimum Gasteiger partial charge on any atom is -0.481 e. The van der Waals surface area contributed by atoms with Gasteiger partial charge in [-0.3, -0.25) is 4.99 Å². The minimum atomic E-state index is 0.447. The number of hydrogen-bond acceptors (Lipinski definition) is 4. The van der Waals surface area contributed by atoms with Crippen LogP contribution in [0.15, 0.2) is 23.2 Å². The summed E-state index contributed by atoms with van der Waals surface area (Å²) in [6.45, 7) is 2.85. The van der Waals surface area contributed by atoms with Crippen molar-refractivity contribution in [3.63, 3.8) is 0 Å². The number of methoxy groups -OCH3 is 1. The van der Waals surface area contributed by atoms with Gasteiger partial charge in [0.1, 0.15) is 0 Å². The first-order valence-electron chi connectivity index (χ1n) is 8.84. The molecule has 0 bridgehead atoms. The van der Waals surface area contributed by atoms with Crippen LogP contribution in [0, 0.1) is 0 Å². The third kappa shape index (κ3) is 4.15. The number of nitrogens with one attached hydrogen (secondary N) is 1. The van der Waals surface area contributed by atoms with Crippen LogP contribution >= 0.6 is 11.8 Å². The molecule has 2 fully saturated rings. The largest absolute Gasteiger partial charge is 0.481 e. The molecule has 0 radical (unpaired) electrons. The van der Waals surface area contributed by atoms with Gasteiger partial charge in [-0.05, 0) is 18.9 Å². The van der Waals surface area contributed by atoms with E-state index in [2.05, 4.69) is 32.0 Å². The van der Waals surface area contributed by atoms with E-state index >= 15 is 0 Å². The van der Waals surface area contributed by atoms with Crippen molar-refractivity contribution in [2.24, 2.45) is 4.99 Å². The Labute approximate surface area is 149 Å². The summed E-state index contributed by atoms with van der Waals surface area (Å²) < 4.78 is 5.64. The number of pyridine rings is 1. The summed E-state index contributed by atoms with van der Waals surface area (Å²) in [7, 11) is 3.52. The summed E-state index contributed by atoms with van der Waals surface area (Å²) in [5.41, 5.74) is 0.967. The highest BCUT2D eigenvalue weighted by atomic mass is 32.2. The maximum atomic E-state index is 5.20. The zero-order chi connectivity index (χ0) is 16.8. The number of thioether (sulfide) groups is 1. The topological polar surface area (TPSA) is 49.8 Å². The van der Waals surface area contributed by atoms with Crippen molar-refractivity contribution in [3.05, 3.63) is 23.9 Å². The van der Waals surface area contributed by atoms with Crippen molar-refractivity contribution in [3.8, 4) is 5.88 Å². The standard InChI is InChI=1S/C18H28N4OS/c1-19-17(20-13-15-7-6-8-16(21-15)23-2)22-11-12-24-18(14-22)9-4-3-5-10-18/h6-8H,3-5,9-14H2,1-2H3,(H,19,20). The monoisotopic (exact) mass is 348 g/mol. The van der Waals surface area contributed by atoms with Crippen LogP contribution in [0.1, 0.15) is 37.8 Å². The fraction of sp³-hybridized carbons (Fsp3) is 0.667. The van der Waals surface area contributed by atoms with Crippen molar-refractivity contribution >= 4 is 17.7 Å². The minimum absolute atomic E-state index is 0.447. The van der Waals surface area contributed by atoms with E-state index in [9.17, 15) is 0 Å². The lowest BCUT2D eigenvalue weighted by atomic mass is 9.87. The van der Waals surface area contributed by atoms with Gasteiger partial charge in [0.25, 0.3) is 0 Å². The van der Waals surface area contributed by atoms with Gasteiger partial charge in [-0.1, -0.05) is 25.3 Å². The van der Waals surface area contributed by atoms with Gasteiger partial charge >= 0.3 is 0 Å². The average Bonchev–Trinajstić information content (AvgIpc) is 2.63. The van der Waals surface area contributed by atoms with Crippen LogP contribution in [-0.4, -0.2) is 53.6 Å². The number of aromatic nitrogens is 1. The summed E-state index contributed by atoms with van der Waals surface area (Å²) >= 11 is 2.18. The molecule has 0 atom stereocenters. The first kappa shape index (κ1) is 17.4. The van der Waals surface area contributed by atoms with E-state index in [1.54, 1.807) is 7.11 Å². The number of ether oxygens (including phenoxy) is 1.